The van der Waals surface area contributed by atoms with Gasteiger partial charge in [0, 0.05) is 17.4 Å². The van der Waals surface area contributed by atoms with Crippen molar-refractivity contribution in [1.29, 1.82) is 0 Å². The molecule has 2 atom stereocenters. The van der Waals surface area contributed by atoms with Crippen molar-refractivity contribution < 1.29 is 9.84 Å². The number of hydrogen-bond donors (Lipinski definition) is 1. The van der Waals surface area contributed by atoms with E-state index in [1.54, 1.807) is 6.07 Å². The molecule has 0 saturated carbocycles. The number of fused-ring (bicyclic) bond motifs is 3. The molecule has 2 aliphatic rings. The predicted octanol–water partition coefficient (Wildman–Crippen LogP) is 4.00. The van der Waals surface area contributed by atoms with Crippen LogP contribution in [0.5, 0.6) is 11.5 Å². The number of hydrogen-bond acceptors (Lipinski definition) is 2. The van der Waals surface area contributed by atoms with Gasteiger partial charge in [-0.15, -0.1) is 0 Å². The van der Waals surface area contributed by atoms with Gasteiger partial charge in [-0.25, -0.2) is 0 Å². The van der Waals surface area contributed by atoms with Crippen molar-refractivity contribution in [3.8, 4) is 11.5 Å². The zero-order valence-corrected chi connectivity index (χ0v) is 11.2. The highest BCUT2D eigenvalue weighted by Crippen LogP contribution is 2.53. The molecule has 0 bridgehead atoms. The highest BCUT2D eigenvalue weighted by Gasteiger charge is 2.45. The van der Waals surface area contributed by atoms with Crippen LogP contribution in [0, 0.1) is 5.92 Å². The van der Waals surface area contributed by atoms with E-state index in [9.17, 15) is 5.11 Å². The predicted molar refractivity (Wildman–Crippen MR) is 72.0 cm³/mol. The summed E-state index contributed by atoms with van der Waals surface area (Å²) in [5.41, 5.74) is 2.26. The highest BCUT2D eigenvalue weighted by atomic mass is 16.5. The van der Waals surface area contributed by atoms with E-state index in [0.29, 0.717) is 17.6 Å². The van der Waals surface area contributed by atoms with Crippen LogP contribution in [-0.4, -0.2) is 10.7 Å². The van der Waals surface area contributed by atoms with Gasteiger partial charge in [-0.1, -0.05) is 17.7 Å². The number of ether oxygens (including phenoxy) is 1. The third kappa shape index (κ3) is 1.63. The zero-order valence-electron chi connectivity index (χ0n) is 11.2. The largest absolute Gasteiger partial charge is 0.508 e. The fourth-order valence-corrected chi connectivity index (χ4v) is 3.49. The van der Waals surface area contributed by atoms with E-state index in [1.807, 2.05) is 12.1 Å². The molecule has 0 unspecified atom stereocenters. The van der Waals surface area contributed by atoms with Crippen LogP contribution in [0.15, 0.2) is 29.8 Å². The number of benzene rings is 1. The first-order valence-corrected chi connectivity index (χ1v) is 6.65. The normalized spacial score (nSPS) is 28.7. The summed E-state index contributed by atoms with van der Waals surface area (Å²) in [6.07, 6.45) is 4.39. The maximum Gasteiger partial charge on any atom is 0.127 e. The summed E-state index contributed by atoms with van der Waals surface area (Å²) < 4.78 is 6.12. The van der Waals surface area contributed by atoms with Crippen LogP contribution in [0.4, 0.5) is 0 Å². The van der Waals surface area contributed by atoms with Crippen LogP contribution in [0.1, 0.15) is 45.1 Å². The van der Waals surface area contributed by atoms with E-state index in [2.05, 4.69) is 26.8 Å². The summed E-state index contributed by atoms with van der Waals surface area (Å²) in [7, 11) is 0. The first kappa shape index (κ1) is 11.6. The van der Waals surface area contributed by atoms with Crippen LogP contribution in [0.3, 0.4) is 0 Å². The molecule has 0 aromatic heterocycles. The molecule has 1 aliphatic heterocycles. The Labute approximate surface area is 108 Å². The summed E-state index contributed by atoms with van der Waals surface area (Å²) >= 11 is 0. The lowest BCUT2D eigenvalue weighted by molar-refractivity contribution is 0.00762. The Bertz CT molecular complexity index is 514. The molecular formula is C16H20O2. The summed E-state index contributed by atoms with van der Waals surface area (Å²) in [5.74, 6) is 2.07. The molecule has 1 aliphatic carbocycles. The maximum absolute atomic E-state index is 10.2. The van der Waals surface area contributed by atoms with Gasteiger partial charge in [0.15, 0.2) is 0 Å². The van der Waals surface area contributed by atoms with Crippen molar-refractivity contribution in [2.45, 2.75) is 45.1 Å². The van der Waals surface area contributed by atoms with E-state index >= 15 is 0 Å². The third-order valence-electron chi connectivity index (χ3n) is 4.43. The van der Waals surface area contributed by atoms with E-state index < -0.39 is 0 Å². The van der Waals surface area contributed by atoms with Crippen molar-refractivity contribution >= 4 is 0 Å². The lowest BCUT2D eigenvalue weighted by Crippen LogP contribution is -2.45. The minimum atomic E-state index is -0.164. The van der Waals surface area contributed by atoms with Crippen LogP contribution in [0.2, 0.25) is 0 Å². The number of allylic oxidation sites excluding steroid dienone is 2. The maximum atomic E-state index is 10.2. The SMILES string of the molecule is CC1=CC[C@H]2[C@H](C1)c1c(O)cccc1OC2(C)C. The number of phenolic OH excluding ortho intramolecular Hbond substituents is 1. The van der Waals surface area contributed by atoms with Gasteiger partial charge in [-0.3, -0.25) is 0 Å². The summed E-state index contributed by atoms with van der Waals surface area (Å²) in [6, 6.07) is 5.60. The van der Waals surface area contributed by atoms with E-state index in [4.69, 9.17) is 4.74 Å². The second-order valence-electron chi connectivity index (χ2n) is 6.10. The molecule has 1 aromatic carbocycles. The monoisotopic (exact) mass is 244 g/mol. The molecule has 0 radical (unpaired) electrons. The molecule has 18 heavy (non-hydrogen) atoms. The number of phenols is 1. The quantitative estimate of drug-likeness (QED) is 0.699. The molecular weight excluding hydrogens is 224 g/mol. The third-order valence-corrected chi connectivity index (χ3v) is 4.43. The second-order valence-corrected chi connectivity index (χ2v) is 6.10. The molecule has 3 rings (SSSR count). The van der Waals surface area contributed by atoms with Crippen LogP contribution < -0.4 is 4.74 Å². The standard InChI is InChI=1S/C16H20O2/c1-10-7-8-12-11(9-10)15-13(17)5-4-6-14(15)18-16(12,2)3/h4-7,11-12,17H,8-9H2,1-3H3/t11-,12-/m0/s1. The molecule has 1 heterocycles. The average Bonchev–Trinajstić information content (AvgIpc) is 2.27. The van der Waals surface area contributed by atoms with Crippen LogP contribution in [-0.2, 0) is 0 Å². The second kappa shape index (κ2) is 3.78. The Morgan fingerprint density at radius 2 is 2.11 bits per heavy atom. The summed E-state index contributed by atoms with van der Waals surface area (Å²) in [4.78, 5) is 0. The van der Waals surface area contributed by atoms with Gasteiger partial charge in [-0.05, 0) is 45.7 Å². The Morgan fingerprint density at radius 1 is 1.33 bits per heavy atom. The van der Waals surface area contributed by atoms with Gasteiger partial charge in [0.25, 0.3) is 0 Å². The van der Waals surface area contributed by atoms with Crippen LogP contribution in [0.25, 0.3) is 0 Å². The molecule has 1 aromatic rings. The topological polar surface area (TPSA) is 29.5 Å². The van der Waals surface area contributed by atoms with Crippen molar-refractivity contribution in [2.24, 2.45) is 5.92 Å². The van der Waals surface area contributed by atoms with E-state index in [1.165, 1.54) is 5.57 Å². The van der Waals surface area contributed by atoms with Crippen LogP contribution >= 0.6 is 0 Å². The van der Waals surface area contributed by atoms with Gasteiger partial charge >= 0.3 is 0 Å². The minimum absolute atomic E-state index is 0.164. The Hall–Kier alpha value is -1.44. The Balaban J connectivity index is 2.15. The van der Waals surface area contributed by atoms with E-state index in [0.717, 1.165) is 24.2 Å². The van der Waals surface area contributed by atoms with Crippen molar-refractivity contribution in [3.63, 3.8) is 0 Å². The van der Waals surface area contributed by atoms with Gasteiger partial charge in [0.1, 0.15) is 17.1 Å². The molecule has 1 N–H and O–H groups in total. The number of aromatic hydroxyl groups is 1. The lowest BCUT2D eigenvalue weighted by Gasteiger charge is -2.46. The molecule has 0 spiro atoms. The molecule has 0 amide bonds. The summed E-state index contributed by atoms with van der Waals surface area (Å²) in [5, 5.41) is 10.2. The minimum Gasteiger partial charge on any atom is -0.508 e. The van der Waals surface area contributed by atoms with Crippen molar-refractivity contribution in [3.05, 3.63) is 35.4 Å². The molecule has 0 fully saturated rings. The van der Waals surface area contributed by atoms with Gasteiger partial charge < -0.3 is 9.84 Å². The molecule has 96 valence electrons. The average molecular weight is 244 g/mol. The first-order chi connectivity index (χ1) is 8.49. The molecule has 2 nitrogen and oxygen atoms in total. The number of rotatable bonds is 0. The zero-order chi connectivity index (χ0) is 12.9. The Kier molecular flexibility index (Phi) is 2.44. The first-order valence-electron chi connectivity index (χ1n) is 6.65. The fourth-order valence-electron chi connectivity index (χ4n) is 3.49. The smallest absolute Gasteiger partial charge is 0.127 e. The molecule has 2 heteroatoms. The van der Waals surface area contributed by atoms with Gasteiger partial charge in [0.05, 0.1) is 0 Å². The summed E-state index contributed by atoms with van der Waals surface area (Å²) in [6.45, 7) is 6.50. The van der Waals surface area contributed by atoms with E-state index in [-0.39, 0.29) is 5.60 Å². The lowest BCUT2D eigenvalue weighted by atomic mass is 9.67. The van der Waals surface area contributed by atoms with Crippen molar-refractivity contribution in [1.82, 2.24) is 0 Å². The van der Waals surface area contributed by atoms with Gasteiger partial charge in [0.2, 0.25) is 0 Å². The molecule has 0 saturated heterocycles. The van der Waals surface area contributed by atoms with Gasteiger partial charge in [-0.2, -0.15) is 0 Å². The Morgan fingerprint density at radius 3 is 2.89 bits per heavy atom. The fraction of sp³-hybridized carbons (Fsp3) is 0.500. The van der Waals surface area contributed by atoms with Crippen molar-refractivity contribution in [2.75, 3.05) is 0 Å². The highest BCUT2D eigenvalue weighted by molar-refractivity contribution is 5.50.